The second kappa shape index (κ2) is 5.29. The van der Waals surface area contributed by atoms with Crippen LogP contribution in [0.15, 0.2) is 28.9 Å². The van der Waals surface area contributed by atoms with Gasteiger partial charge in [-0.05, 0) is 31.4 Å². The van der Waals surface area contributed by atoms with E-state index in [0.717, 1.165) is 41.5 Å². The van der Waals surface area contributed by atoms with Crippen LogP contribution >= 0.6 is 0 Å². The number of hydrogen-bond acceptors (Lipinski definition) is 3. The number of hydrogen-bond donors (Lipinski definition) is 1. The first kappa shape index (κ1) is 13.2. The van der Waals surface area contributed by atoms with E-state index in [1.165, 1.54) is 0 Å². The quantitative estimate of drug-likeness (QED) is 0.913. The number of carbonyl (C=O) groups excluding carboxylic acids is 1. The van der Waals surface area contributed by atoms with Crippen molar-refractivity contribution in [3.05, 3.63) is 35.6 Å². The highest BCUT2D eigenvalue weighted by Gasteiger charge is 2.23. The minimum atomic E-state index is -0.378. The van der Waals surface area contributed by atoms with Gasteiger partial charge in [0.2, 0.25) is 5.91 Å². The number of rotatable bonds is 2. The molecule has 0 saturated carbocycles. The molecule has 1 saturated heterocycles. The molecule has 106 valence electrons. The van der Waals surface area contributed by atoms with Crippen LogP contribution in [0.2, 0.25) is 0 Å². The van der Waals surface area contributed by atoms with Crippen LogP contribution in [0.4, 0.5) is 0 Å². The van der Waals surface area contributed by atoms with Crippen molar-refractivity contribution in [1.82, 2.24) is 4.90 Å². The van der Waals surface area contributed by atoms with Gasteiger partial charge in [0, 0.05) is 24.0 Å². The van der Waals surface area contributed by atoms with Gasteiger partial charge in [0.1, 0.15) is 5.58 Å². The first-order chi connectivity index (χ1) is 9.63. The zero-order chi connectivity index (χ0) is 14.1. The Morgan fingerprint density at radius 2 is 2.35 bits per heavy atom. The van der Waals surface area contributed by atoms with Gasteiger partial charge in [-0.15, -0.1) is 0 Å². The second-order valence-corrected chi connectivity index (χ2v) is 5.57. The molecule has 1 aliphatic rings. The maximum absolute atomic E-state index is 12.3. The summed E-state index contributed by atoms with van der Waals surface area (Å²) >= 11 is 0. The molecule has 3 rings (SSSR count). The Balaban J connectivity index is 1.77. The van der Waals surface area contributed by atoms with Gasteiger partial charge in [-0.3, -0.25) is 4.79 Å². The highest BCUT2D eigenvalue weighted by molar-refractivity contribution is 5.88. The third-order valence-electron chi connectivity index (χ3n) is 3.90. The number of aliphatic hydroxyl groups is 1. The van der Waals surface area contributed by atoms with Crippen molar-refractivity contribution in [3.63, 3.8) is 0 Å². The van der Waals surface area contributed by atoms with E-state index in [9.17, 15) is 9.90 Å². The number of benzene rings is 1. The molecule has 1 atom stereocenters. The fourth-order valence-electron chi connectivity index (χ4n) is 2.78. The Bertz CT molecular complexity index is 632. The SMILES string of the molecule is Cc1ccc2c(CC(=O)N3CCCC(O)C3)coc2c1. The summed E-state index contributed by atoms with van der Waals surface area (Å²) in [7, 11) is 0. The van der Waals surface area contributed by atoms with E-state index in [1.807, 2.05) is 25.1 Å². The fraction of sp³-hybridized carbons (Fsp3) is 0.438. The summed E-state index contributed by atoms with van der Waals surface area (Å²) in [4.78, 5) is 14.0. The van der Waals surface area contributed by atoms with E-state index in [2.05, 4.69) is 0 Å². The Morgan fingerprint density at radius 3 is 3.15 bits per heavy atom. The third-order valence-corrected chi connectivity index (χ3v) is 3.90. The van der Waals surface area contributed by atoms with Crippen LogP contribution in [0.5, 0.6) is 0 Å². The van der Waals surface area contributed by atoms with E-state index in [0.29, 0.717) is 13.0 Å². The summed E-state index contributed by atoms with van der Waals surface area (Å²) in [6.45, 7) is 3.21. The molecule has 4 nitrogen and oxygen atoms in total. The van der Waals surface area contributed by atoms with Gasteiger partial charge in [-0.1, -0.05) is 12.1 Å². The van der Waals surface area contributed by atoms with E-state index in [1.54, 1.807) is 11.2 Å². The van der Waals surface area contributed by atoms with Gasteiger partial charge >= 0.3 is 0 Å². The average Bonchev–Trinajstić information content (AvgIpc) is 2.81. The predicted octanol–water partition coefficient (Wildman–Crippen LogP) is 2.27. The third kappa shape index (κ3) is 2.56. The summed E-state index contributed by atoms with van der Waals surface area (Å²) in [5.41, 5.74) is 2.89. The molecule has 4 heteroatoms. The Labute approximate surface area is 118 Å². The van der Waals surface area contributed by atoms with Crippen LogP contribution in [-0.4, -0.2) is 35.1 Å². The molecule has 20 heavy (non-hydrogen) atoms. The van der Waals surface area contributed by atoms with Crippen LogP contribution in [0.3, 0.4) is 0 Å². The molecule has 1 aliphatic heterocycles. The van der Waals surface area contributed by atoms with Gasteiger partial charge < -0.3 is 14.4 Å². The lowest BCUT2D eigenvalue weighted by Crippen LogP contribution is -2.42. The van der Waals surface area contributed by atoms with E-state index < -0.39 is 0 Å². The van der Waals surface area contributed by atoms with Crippen LogP contribution in [0.1, 0.15) is 24.0 Å². The Morgan fingerprint density at radius 1 is 1.50 bits per heavy atom. The zero-order valence-electron chi connectivity index (χ0n) is 11.6. The highest BCUT2D eigenvalue weighted by Crippen LogP contribution is 2.23. The maximum Gasteiger partial charge on any atom is 0.227 e. The van der Waals surface area contributed by atoms with Crippen molar-refractivity contribution in [2.75, 3.05) is 13.1 Å². The van der Waals surface area contributed by atoms with Crippen molar-refractivity contribution < 1.29 is 14.3 Å². The largest absolute Gasteiger partial charge is 0.464 e. The van der Waals surface area contributed by atoms with Gasteiger partial charge in [0.25, 0.3) is 0 Å². The molecule has 1 aromatic heterocycles. The van der Waals surface area contributed by atoms with E-state index >= 15 is 0 Å². The van der Waals surface area contributed by atoms with Crippen molar-refractivity contribution in [1.29, 1.82) is 0 Å². The fourth-order valence-corrected chi connectivity index (χ4v) is 2.78. The van der Waals surface area contributed by atoms with Crippen molar-refractivity contribution in [3.8, 4) is 0 Å². The van der Waals surface area contributed by atoms with Gasteiger partial charge in [-0.2, -0.15) is 0 Å². The van der Waals surface area contributed by atoms with Crippen LogP contribution in [0, 0.1) is 6.92 Å². The molecule has 1 N–H and O–H groups in total. The number of carbonyl (C=O) groups is 1. The average molecular weight is 273 g/mol. The lowest BCUT2D eigenvalue weighted by molar-refractivity contribution is -0.133. The van der Waals surface area contributed by atoms with Gasteiger partial charge in [0.15, 0.2) is 0 Å². The number of piperidine rings is 1. The van der Waals surface area contributed by atoms with Gasteiger partial charge in [0.05, 0.1) is 18.8 Å². The predicted molar refractivity (Wildman–Crippen MR) is 76.5 cm³/mol. The molecular weight excluding hydrogens is 254 g/mol. The molecule has 1 fully saturated rings. The summed E-state index contributed by atoms with van der Waals surface area (Å²) in [6.07, 6.45) is 3.29. The summed E-state index contributed by atoms with van der Waals surface area (Å²) in [5, 5.41) is 10.6. The molecule has 2 heterocycles. The zero-order valence-corrected chi connectivity index (χ0v) is 11.6. The minimum absolute atomic E-state index is 0.0621. The molecule has 2 aromatic rings. The monoisotopic (exact) mass is 273 g/mol. The topological polar surface area (TPSA) is 53.7 Å². The molecule has 1 aromatic carbocycles. The van der Waals surface area contributed by atoms with Crippen molar-refractivity contribution in [2.24, 2.45) is 0 Å². The number of furan rings is 1. The Hall–Kier alpha value is -1.81. The molecule has 0 aliphatic carbocycles. The first-order valence-corrected chi connectivity index (χ1v) is 7.06. The lowest BCUT2D eigenvalue weighted by Gasteiger charge is -2.30. The summed E-state index contributed by atoms with van der Waals surface area (Å²) in [6, 6.07) is 6.01. The van der Waals surface area contributed by atoms with Crippen molar-refractivity contribution in [2.45, 2.75) is 32.3 Å². The number of nitrogens with zero attached hydrogens (tertiary/aromatic N) is 1. The summed E-state index contributed by atoms with van der Waals surface area (Å²) in [5.74, 6) is 0.0621. The molecule has 0 radical (unpaired) electrons. The number of aryl methyl sites for hydroxylation is 1. The summed E-state index contributed by atoms with van der Waals surface area (Å²) < 4.78 is 5.52. The molecule has 0 bridgehead atoms. The second-order valence-electron chi connectivity index (χ2n) is 5.57. The van der Waals surface area contributed by atoms with Crippen molar-refractivity contribution >= 4 is 16.9 Å². The van der Waals surface area contributed by atoms with Crippen LogP contribution < -0.4 is 0 Å². The number of fused-ring (bicyclic) bond motifs is 1. The van der Waals surface area contributed by atoms with Crippen LogP contribution in [-0.2, 0) is 11.2 Å². The lowest BCUT2D eigenvalue weighted by atomic mass is 10.1. The molecule has 1 unspecified atom stereocenters. The number of aliphatic hydroxyl groups excluding tert-OH is 1. The first-order valence-electron chi connectivity index (χ1n) is 7.06. The normalized spacial score (nSPS) is 19.5. The number of amides is 1. The molecule has 0 spiro atoms. The number of β-amino-alcohol motifs (C(OH)–C–C–N with tert-alkyl or cyclic N) is 1. The van der Waals surface area contributed by atoms with E-state index in [4.69, 9.17) is 4.42 Å². The van der Waals surface area contributed by atoms with Gasteiger partial charge in [-0.25, -0.2) is 0 Å². The Kier molecular flexibility index (Phi) is 3.49. The van der Waals surface area contributed by atoms with Crippen LogP contribution in [0.25, 0.3) is 11.0 Å². The maximum atomic E-state index is 12.3. The standard InChI is InChI=1S/C16H19NO3/c1-11-4-5-14-12(10-20-15(14)7-11)8-16(19)17-6-2-3-13(18)9-17/h4-5,7,10,13,18H,2-3,6,8-9H2,1H3. The smallest absolute Gasteiger partial charge is 0.227 e. The molecule has 1 amide bonds. The number of likely N-dealkylation sites (tertiary alicyclic amines) is 1. The van der Waals surface area contributed by atoms with E-state index in [-0.39, 0.29) is 12.0 Å². The minimum Gasteiger partial charge on any atom is -0.464 e. The highest BCUT2D eigenvalue weighted by atomic mass is 16.3. The molecular formula is C16H19NO3.